The molecule has 9 heteroatoms. The standard InChI is InChI=1S/C24H26FN3O5/c1-14(2)32-20-7-6-18(12-19(20)25)27-8-9-28(15(3)13-27)24(31)23(30)26-17-5-4-16-10-22(29)33-21(16)11-17/h4-7,11-12,14-15H,8-10,13H2,1-3H3,(H,26,30)/t15-/m1/s1. The van der Waals surface area contributed by atoms with Gasteiger partial charge in [-0.3, -0.25) is 14.4 Å². The highest BCUT2D eigenvalue weighted by atomic mass is 19.1. The number of halogens is 1. The summed E-state index contributed by atoms with van der Waals surface area (Å²) in [4.78, 5) is 40.2. The highest BCUT2D eigenvalue weighted by Gasteiger charge is 2.32. The number of benzene rings is 2. The number of piperazine rings is 1. The first-order chi connectivity index (χ1) is 15.7. The molecule has 0 aromatic heterocycles. The molecule has 0 unspecified atom stereocenters. The number of hydrogen-bond donors (Lipinski definition) is 1. The fourth-order valence-corrected chi connectivity index (χ4v) is 4.03. The molecule has 8 nitrogen and oxygen atoms in total. The van der Waals surface area contributed by atoms with E-state index in [-0.39, 0.29) is 30.3 Å². The monoisotopic (exact) mass is 455 g/mol. The number of carbonyl (C=O) groups is 3. The molecule has 1 saturated heterocycles. The molecule has 1 atom stereocenters. The van der Waals surface area contributed by atoms with Crippen molar-refractivity contribution in [2.24, 2.45) is 0 Å². The SMILES string of the molecule is CC(C)Oc1ccc(N2CCN(C(=O)C(=O)Nc3ccc4c(c3)OC(=O)C4)[C@H](C)C2)cc1F. The summed E-state index contributed by atoms with van der Waals surface area (Å²) in [5.74, 6) is -1.60. The lowest BCUT2D eigenvalue weighted by atomic mass is 10.1. The van der Waals surface area contributed by atoms with E-state index in [2.05, 4.69) is 5.32 Å². The van der Waals surface area contributed by atoms with Crippen LogP contribution in [0.25, 0.3) is 0 Å². The van der Waals surface area contributed by atoms with Crippen molar-refractivity contribution in [3.8, 4) is 11.5 Å². The molecule has 1 fully saturated rings. The minimum Gasteiger partial charge on any atom is -0.488 e. The van der Waals surface area contributed by atoms with Crippen LogP contribution in [0.2, 0.25) is 0 Å². The van der Waals surface area contributed by atoms with Crippen molar-refractivity contribution in [1.82, 2.24) is 4.90 Å². The van der Waals surface area contributed by atoms with Gasteiger partial charge in [-0.15, -0.1) is 0 Å². The molecule has 4 rings (SSSR count). The van der Waals surface area contributed by atoms with Gasteiger partial charge in [0.05, 0.1) is 12.5 Å². The molecule has 0 radical (unpaired) electrons. The average molecular weight is 455 g/mol. The fraction of sp³-hybridized carbons (Fsp3) is 0.375. The number of hydrogen-bond acceptors (Lipinski definition) is 6. The number of carbonyl (C=O) groups excluding carboxylic acids is 3. The maximum absolute atomic E-state index is 14.4. The Bertz CT molecular complexity index is 1100. The molecular formula is C24H26FN3O5. The highest BCUT2D eigenvalue weighted by molar-refractivity contribution is 6.39. The summed E-state index contributed by atoms with van der Waals surface area (Å²) in [6, 6.07) is 9.43. The second-order valence-corrected chi connectivity index (χ2v) is 8.50. The topological polar surface area (TPSA) is 88.2 Å². The number of esters is 1. The number of anilines is 2. The molecule has 2 aromatic carbocycles. The lowest BCUT2D eigenvalue weighted by Gasteiger charge is -2.40. The minimum atomic E-state index is -0.763. The number of fused-ring (bicyclic) bond motifs is 1. The maximum Gasteiger partial charge on any atom is 0.315 e. The van der Waals surface area contributed by atoms with Crippen LogP contribution in [0.5, 0.6) is 11.5 Å². The van der Waals surface area contributed by atoms with Crippen molar-refractivity contribution in [1.29, 1.82) is 0 Å². The Morgan fingerprint density at radius 3 is 2.67 bits per heavy atom. The first kappa shape index (κ1) is 22.6. The Morgan fingerprint density at radius 2 is 1.97 bits per heavy atom. The van der Waals surface area contributed by atoms with Crippen molar-refractivity contribution in [2.45, 2.75) is 39.3 Å². The average Bonchev–Trinajstić information content (AvgIpc) is 3.13. The van der Waals surface area contributed by atoms with Crippen LogP contribution < -0.4 is 19.7 Å². The third-order valence-corrected chi connectivity index (χ3v) is 5.61. The molecule has 2 amide bonds. The van der Waals surface area contributed by atoms with Gasteiger partial charge in [0.2, 0.25) is 0 Å². The van der Waals surface area contributed by atoms with E-state index in [1.54, 1.807) is 24.3 Å². The van der Waals surface area contributed by atoms with Gasteiger partial charge in [-0.25, -0.2) is 4.39 Å². The second-order valence-electron chi connectivity index (χ2n) is 8.50. The van der Waals surface area contributed by atoms with E-state index in [4.69, 9.17) is 9.47 Å². The second kappa shape index (κ2) is 9.09. The zero-order chi connectivity index (χ0) is 23.7. The molecule has 174 valence electrons. The van der Waals surface area contributed by atoms with Gasteiger partial charge in [-0.2, -0.15) is 0 Å². The summed E-state index contributed by atoms with van der Waals surface area (Å²) in [5, 5.41) is 2.58. The van der Waals surface area contributed by atoms with Gasteiger partial charge >= 0.3 is 17.8 Å². The van der Waals surface area contributed by atoms with E-state index in [1.807, 2.05) is 25.7 Å². The summed E-state index contributed by atoms with van der Waals surface area (Å²) in [7, 11) is 0. The number of rotatable bonds is 4. The van der Waals surface area contributed by atoms with E-state index in [9.17, 15) is 18.8 Å². The first-order valence-corrected chi connectivity index (χ1v) is 10.9. The number of nitrogens with one attached hydrogen (secondary N) is 1. The summed E-state index contributed by atoms with van der Waals surface area (Å²) in [5.41, 5.74) is 1.82. The lowest BCUT2D eigenvalue weighted by molar-refractivity contribution is -0.144. The summed E-state index contributed by atoms with van der Waals surface area (Å²) in [6.45, 7) is 6.75. The van der Waals surface area contributed by atoms with Crippen molar-refractivity contribution in [2.75, 3.05) is 29.9 Å². The largest absolute Gasteiger partial charge is 0.488 e. The number of ether oxygens (including phenoxy) is 2. The van der Waals surface area contributed by atoms with Gasteiger partial charge in [0.25, 0.3) is 0 Å². The Hall–Kier alpha value is -3.62. The molecule has 0 spiro atoms. The van der Waals surface area contributed by atoms with Gasteiger partial charge in [0.15, 0.2) is 11.6 Å². The molecule has 1 N–H and O–H groups in total. The van der Waals surface area contributed by atoms with E-state index >= 15 is 0 Å². The summed E-state index contributed by atoms with van der Waals surface area (Å²) < 4.78 is 24.9. The van der Waals surface area contributed by atoms with Crippen molar-refractivity contribution >= 4 is 29.2 Å². The van der Waals surface area contributed by atoms with Crippen LogP contribution in [-0.4, -0.2) is 54.5 Å². The Kier molecular flexibility index (Phi) is 6.22. The van der Waals surface area contributed by atoms with Crippen molar-refractivity contribution < 1.29 is 28.2 Å². The highest BCUT2D eigenvalue weighted by Crippen LogP contribution is 2.29. The van der Waals surface area contributed by atoms with Crippen LogP contribution in [0.4, 0.5) is 15.8 Å². The number of nitrogens with zero attached hydrogens (tertiary/aromatic N) is 2. The molecule has 2 heterocycles. The normalized spacial score (nSPS) is 17.6. The van der Waals surface area contributed by atoms with Gasteiger partial charge in [-0.05, 0) is 39.0 Å². The third kappa shape index (κ3) is 4.92. The van der Waals surface area contributed by atoms with E-state index in [0.29, 0.717) is 36.8 Å². The summed E-state index contributed by atoms with van der Waals surface area (Å²) >= 11 is 0. The van der Waals surface area contributed by atoms with Crippen LogP contribution in [0, 0.1) is 5.82 Å². The zero-order valence-electron chi connectivity index (χ0n) is 18.8. The predicted octanol–water partition coefficient (Wildman–Crippen LogP) is 2.75. The number of amides is 2. The minimum absolute atomic E-state index is 0.127. The smallest absolute Gasteiger partial charge is 0.315 e. The van der Waals surface area contributed by atoms with Crippen molar-refractivity contribution in [3.05, 3.63) is 47.8 Å². The quantitative estimate of drug-likeness (QED) is 0.433. The van der Waals surface area contributed by atoms with Crippen molar-refractivity contribution in [3.63, 3.8) is 0 Å². The maximum atomic E-state index is 14.4. The van der Waals surface area contributed by atoms with Crippen LogP contribution in [0.1, 0.15) is 26.3 Å². The van der Waals surface area contributed by atoms with Crippen LogP contribution >= 0.6 is 0 Å². The summed E-state index contributed by atoms with van der Waals surface area (Å²) in [6.07, 6.45) is 0.0691. The van der Waals surface area contributed by atoms with Gasteiger partial charge in [-0.1, -0.05) is 6.07 Å². The van der Waals surface area contributed by atoms with E-state index < -0.39 is 17.6 Å². The molecule has 0 bridgehead atoms. The zero-order valence-corrected chi connectivity index (χ0v) is 18.8. The Labute approximate surface area is 191 Å². The Morgan fingerprint density at radius 1 is 1.18 bits per heavy atom. The molecule has 2 aliphatic heterocycles. The van der Waals surface area contributed by atoms with Crippen LogP contribution in [-0.2, 0) is 20.8 Å². The first-order valence-electron chi connectivity index (χ1n) is 10.9. The fourth-order valence-electron chi connectivity index (χ4n) is 4.03. The molecule has 2 aliphatic rings. The predicted molar refractivity (Wildman–Crippen MR) is 120 cm³/mol. The van der Waals surface area contributed by atoms with E-state index in [1.165, 1.54) is 17.0 Å². The Balaban J connectivity index is 1.37. The third-order valence-electron chi connectivity index (χ3n) is 5.61. The van der Waals surface area contributed by atoms with E-state index in [0.717, 1.165) is 5.56 Å². The molecule has 0 saturated carbocycles. The molecule has 33 heavy (non-hydrogen) atoms. The molecule has 2 aromatic rings. The van der Waals surface area contributed by atoms with Gasteiger partial charge in [0.1, 0.15) is 5.75 Å². The van der Waals surface area contributed by atoms with Crippen LogP contribution in [0.15, 0.2) is 36.4 Å². The molecule has 0 aliphatic carbocycles. The molecular weight excluding hydrogens is 429 g/mol. The van der Waals surface area contributed by atoms with Crippen LogP contribution in [0.3, 0.4) is 0 Å². The van der Waals surface area contributed by atoms with Gasteiger partial charge in [0, 0.05) is 54.7 Å². The van der Waals surface area contributed by atoms with Gasteiger partial charge < -0.3 is 24.6 Å². The lowest BCUT2D eigenvalue weighted by Crippen LogP contribution is -2.56.